The van der Waals surface area contributed by atoms with Crippen LogP contribution in [0.1, 0.15) is 0 Å². The van der Waals surface area contributed by atoms with Gasteiger partial charge in [-0.1, -0.05) is 0 Å². The Bertz CT molecular complexity index is 89.8. The van der Waals surface area contributed by atoms with Crippen molar-refractivity contribution < 1.29 is 44.2 Å². The molecule has 0 atom stereocenters. The van der Waals surface area contributed by atoms with Gasteiger partial charge in [0, 0.05) is 0 Å². The fourth-order valence-electron chi connectivity index (χ4n) is 0. The van der Waals surface area contributed by atoms with Gasteiger partial charge in [0.15, 0.2) is 0 Å². The van der Waals surface area contributed by atoms with Crippen molar-refractivity contribution in [3.63, 3.8) is 0 Å². The van der Waals surface area contributed by atoms with E-state index in [4.69, 9.17) is 4.79 Å². The first kappa shape index (κ1) is 11.0. The fraction of sp³-hybridized carbons (Fsp3) is 0.500. The second kappa shape index (κ2) is 3.22. The summed E-state index contributed by atoms with van der Waals surface area (Å²) < 4.78 is 32.1. The van der Waals surface area contributed by atoms with Gasteiger partial charge in [0.25, 0.3) is 0 Å². The van der Waals surface area contributed by atoms with E-state index in [9.17, 15) is 13.2 Å². The summed E-state index contributed by atoms with van der Waals surface area (Å²) in [6, 6.07) is 0. The molecular weight excluding hydrogens is 202 g/mol. The van der Waals surface area contributed by atoms with Crippen LogP contribution in [0.2, 0.25) is 0 Å². The van der Waals surface area contributed by atoms with Gasteiger partial charge < -0.3 is 5.73 Å². The fourth-order valence-corrected chi connectivity index (χ4v) is 0. The van der Waals surface area contributed by atoms with E-state index in [0.29, 0.717) is 0 Å². The van der Waals surface area contributed by atoms with E-state index in [1.807, 2.05) is 0 Å². The Kier molecular flexibility index (Phi) is 4.44. The maximum Gasteiger partial charge on any atom is 4.00 e. The smallest absolute Gasteiger partial charge is 0.362 e. The van der Waals surface area contributed by atoms with Crippen molar-refractivity contribution in [3.05, 3.63) is 0 Å². The Labute approximate surface area is 62.4 Å². The number of hydrogen-bond acceptors (Lipinski definition) is 1. The van der Waals surface area contributed by atoms with Crippen LogP contribution in [0.15, 0.2) is 0 Å². The number of amides is 1. The molecule has 0 radical (unpaired) electrons. The van der Waals surface area contributed by atoms with Gasteiger partial charge in [0.05, 0.1) is 0 Å². The van der Waals surface area contributed by atoms with Crippen LogP contribution >= 0.6 is 0 Å². The van der Waals surface area contributed by atoms with Gasteiger partial charge in [-0.2, -0.15) is 13.2 Å². The Morgan fingerprint density at radius 2 is 1.50 bits per heavy atom. The number of primary amides is 1. The average Bonchev–Trinajstić information content (AvgIpc) is 1.31. The van der Waals surface area contributed by atoms with Crippen LogP contribution in [0.5, 0.6) is 0 Å². The van der Waals surface area contributed by atoms with Crippen molar-refractivity contribution >= 4 is 5.91 Å². The Balaban J connectivity index is 0. The number of carbonyl (C=O) groups excluding carboxylic acids is 1. The standard InChI is InChI=1S/C2H2F3NO.Zr/c3-2(4,5)1(6)7;/h(H2,6,7);/q;+4. The Morgan fingerprint density at radius 1 is 1.38 bits per heavy atom. The van der Waals surface area contributed by atoms with E-state index in [1.54, 1.807) is 0 Å². The van der Waals surface area contributed by atoms with Crippen molar-refractivity contribution in [3.8, 4) is 0 Å². The summed E-state index contributed by atoms with van der Waals surface area (Å²) in [7, 11) is 0. The maximum atomic E-state index is 10.7. The summed E-state index contributed by atoms with van der Waals surface area (Å²) in [4.78, 5) is 9.12. The molecule has 1 amide bonds. The molecule has 0 aliphatic rings. The SMILES string of the molecule is NC(=O)C(F)(F)F.[Zr+4]. The average molecular weight is 204 g/mol. The van der Waals surface area contributed by atoms with Crippen LogP contribution in [0.4, 0.5) is 13.2 Å². The predicted molar refractivity (Wildman–Crippen MR) is 15.2 cm³/mol. The summed E-state index contributed by atoms with van der Waals surface area (Å²) in [5.74, 6) is -2.26. The van der Waals surface area contributed by atoms with Crippen LogP contribution in [-0.4, -0.2) is 12.1 Å². The normalized spacial score (nSPS) is 9.88. The minimum Gasteiger partial charge on any atom is -0.362 e. The number of halogens is 3. The summed E-state index contributed by atoms with van der Waals surface area (Å²) in [5.41, 5.74) is 3.81. The van der Waals surface area contributed by atoms with E-state index < -0.39 is 12.1 Å². The molecule has 0 aromatic carbocycles. The molecule has 0 heterocycles. The van der Waals surface area contributed by atoms with Gasteiger partial charge in [0.1, 0.15) is 0 Å². The van der Waals surface area contributed by atoms with Crippen LogP contribution in [0, 0.1) is 0 Å². The first-order valence-corrected chi connectivity index (χ1v) is 1.31. The zero-order chi connectivity index (χ0) is 6.08. The molecule has 6 heteroatoms. The van der Waals surface area contributed by atoms with Crippen LogP contribution in [0.3, 0.4) is 0 Å². The molecule has 0 saturated heterocycles. The summed E-state index contributed by atoms with van der Waals surface area (Å²) >= 11 is 0. The van der Waals surface area contributed by atoms with Gasteiger partial charge in [0.2, 0.25) is 0 Å². The molecular formula is C2H2F3NOZr+4. The van der Waals surface area contributed by atoms with E-state index in [-0.39, 0.29) is 26.2 Å². The molecule has 0 bridgehead atoms. The molecule has 42 valence electrons. The number of alkyl halides is 3. The van der Waals surface area contributed by atoms with Gasteiger partial charge in [-0.3, -0.25) is 4.79 Å². The molecule has 0 fully saturated rings. The third kappa shape index (κ3) is 4.31. The largest absolute Gasteiger partial charge is 4.00 e. The molecule has 2 nitrogen and oxygen atoms in total. The molecule has 0 unspecified atom stereocenters. The van der Waals surface area contributed by atoms with Crippen molar-refractivity contribution in [1.82, 2.24) is 0 Å². The molecule has 0 aliphatic carbocycles. The Hall–Kier alpha value is 0.143. The van der Waals surface area contributed by atoms with Crippen molar-refractivity contribution in [2.24, 2.45) is 5.73 Å². The van der Waals surface area contributed by atoms with E-state index in [2.05, 4.69) is 5.73 Å². The van der Waals surface area contributed by atoms with E-state index >= 15 is 0 Å². The van der Waals surface area contributed by atoms with Gasteiger partial charge in [-0.25, -0.2) is 0 Å². The minimum absolute atomic E-state index is 0. The zero-order valence-corrected chi connectivity index (χ0v) is 6.08. The second-order valence-electron chi connectivity index (χ2n) is 0.862. The van der Waals surface area contributed by atoms with Gasteiger partial charge >= 0.3 is 38.3 Å². The molecule has 0 aromatic heterocycles. The van der Waals surface area contributed by atoms with Crippen molar-refractivity contribution in [2.75, 3.05) is 0 Å². The zero-order valence-electron chi connectivity index (χ0n) is 3.62. The quantitative estimate of drug-likeness (QED) is 0.594. The number of carbonyl (C=O) groups is 1. The van der Waals surface area contributed by atoms with Crippen LogP contribution < -0.4 is 5.73 Å². The molecule has 0 aliphatic heterocycles. The number of rotatable bonds is 0. The Morgan fingerprint density at radius 3 is 1.50 bits per heavy atom. The molecule has 0 aromatic rings. The maximum absolute atomic E-state index is 10.7. The number of nitrogens with two attached hydrogens (primary N) is 1. The van der Waals surface area contributed by atoms with Gasteiger partial charge in [-0.15, -0.1) is 0 Å². The first-order valence-electron chi connectivity index (χ1n) is 1.31. The molecule has 2 N–H and O–H groups in total. The van der Waals surface area contributed by atoms with Gasteiger partial charge in [-0.05, 0) is 0 Å². The minimum atomic E-state index is -4.86. The van der Waals surface area contributed by atoms with Crippen molar-refractivity contribution in [1.29, 1.82) is 0 Å². The third-order valence-corrected chi connectivity index (χ3v) is 0.279. The predicted octanol–water partition coefficient (Wildman–Crippen LogP) is 0.0315. The first-order chi connectivity index (χ1) is 2.94. The van der Waals surface area contributed by atoms with E-state index in [0.717, 1.165) is 0 Å². The van der Waals surface area contributed by atoms with Crippen LogP contribution in [-0.2, 0) is 31.0 Å². The molecule has 0 spiro atoms. The molecule has 8 heavy (non-hydrogen) atoms. The topological polar surface area (TPSA) is 43.1 Å². The monoisotopic (exact) mass is 203 g/mol. The summed E-state index contributed by atoms with van der Waals surface area (Å²) in [5, 5.41) is 0. The third-order valence-electron chi connectivity index (χ3n) is 0.279. The summed E-state index contributed by atoms with van der Waals surface area (Å²) in [6.45, 7) is 0. The summed E-state index contributed by atoms with van der Waals surface area (Å²) in [6.07, 6.45) is -4.86. The van der Waals surface area contributed by atoms with Crippen LogP contribution in [0.25, 0.3) is 0 Å². The second-order valence-corrected chi connectivity index (χ2v) is 0.862. The molecule has 0 saturated carbocycles. The molecule has 0 rings (SSSR count). The number of hydrogen-bond donors (Lipinski definition) is 1. The van der Waals surface area contributed by atoms with Crippen molar-refractivity contribution in [2.45, 2.75) is 6.18 Å². The van der Waals surface area contributed by atoms with E-state index in [1.165, 1.54) is 0 Å².